The Hall–Kier alpha value is -4.00. The SMILES string of the molecule is O=C(NCCCN1CCC(Oc2ccccc2)CC1)N1CCN(c2nc(-c3ccc(OC(F)(F)F)cc3)no2)CC1. The van der Waals surface area contributed by atoms with Gasteiger partial charge < -0.3 is 34.0 Å². The highest BCUT2D eigenvalue weighted by molar-refractivity contribution is 5.74. The molecular formula is C28H33F3N6O4. The molecule has 2 fully saturated rings. The van der Waals surface area contributed by atoms with Crippen molar-refractivity contribution in [1.82, 2.24) is 25.3 Å². The summed E-state index contributed by atoms with van der Waals surface area (Å²) in [7, 11) is 0. The number of rotatable bonds is 9. The second-order valence-electron chi connectivity index (χ2n) is 10.0. The number of benzene rings is 2. The van der Waals surface area contributed by atoms with Crippen LogP contribution in [0, 0.1) is 0 Å². The van der Waals surface area contributed by atoms with Gasteiger partial charge in [-0.2, -0.15) is 4.98 Å². The van der Waals surface area contributed by atoms with Gasteiger partial charge in [0.2, 0.25) is 5.82 Å². The Labute approximate surface area is 236 Å². The van der Waals surface area contributed by atoms with E-state index >= 15 is 0 Å². The number of carbonyl (C=O) groups is 1. The van der Waals surface area contributed by atoms with E-state index in [0.717, 1.165) is 44.6 Å². The predicted octanol–water partition coefficient (Wildman–Crippen LogP) is 4.40. The molecule has 10 nitrogen and oxygen atoms in total. The average Bonchev–Trinajstić information content (AvgIpc) is 3.47. The highest BCUT2D eigenvalue weighted by Gasteiger charge is 2.31. The number of ether oxygens (including phenoxy) is 2. The van der Waals surface area contributed by atoms with E-state index in [4.69, 9.17) is 9.26 Å². The molecule has 1 aromatic heterocycles. The fourth-order valence-electron chi connectivity index (χ4n) is 4.92. The largest absolute Gasteiger partial charge is 0.573 e. The number of hydrogen-bond acceptors (Lipinski definition) is 8. The minimum atomic E-state index is -4.75. The molecule has 0 bridgehead atoms. The monoisotopic (exact) mass is 574 g/mol. The standard InChI is InChI=1S/C28H33F3N6O4/c29-28(30,31)40-24-9-7-21(8-10-24)25-33-27(41-34-25)37-19-17-36(18-20-37)26(38)32-13-4-14-35-15-11-23(12-16-35)39-22-5-2-1-3-6-22/h1-3,5-10,23H,4,11-20H2,(H,32,38). The van der Waals surface area contributed by atoms with Gasteiger partial charge in [-0.05, 0) is 62.2 Å². The molecule has 5 rings (SSSR count). The van der Waals surface area contributed by atoms with E-state index < -0.39 is 6.36 Å². The van der Waals surface area contributed by atoms with Crippen LogP contribution in [-0.2, 0) is 0 Å². The van der Waals surface area contributed by atoms with Gasteiger partial charge in [0.05, 0.1) is 0 Å². The van der Waals surface area contributed by atoms with Gasteiger partial charge in [0.15, 0.2) is 0 Å². The third kappa shape index (κ3) is 8.26. The van der Waals surface area contributed by atoms with Crippen LogP contribution in [0.25, 0.3) is 11.4 Å². The normalized spacial score (nSPS) is 17.0. The molecule has 0 saturated carbocycles. The molecule has 0 unspecified atom stereocenters. The number of likely N-dealkylation sites (tertiary alicyclic amines) is 1. The number of carbonyl (C=O) groups excluding carboxylic acids is 1. The van der Waals surface area contributed by atoms with Crippen LogP contribution < -0.4 is 19.7 Å². The van der Waals surface area contributed by atoms with Gasteiger partial charge in [-0.25, -0.2) is 4.79 Å². The van der Waals surface area contributed by atoms with Crippen molar-refractivity contribution in [1.29, 1.82) is 0 Å². The molecule has 2 aliphatic heterocycles. The number of piperazine rings is 1. The Morgan fingerprint density at radius 3 is 2.34 bits per heavy atom. The molecule has 0 radical (unpaired) electrons. The number of aromatic nitrogens is 2. The summed E-state index contributed by atoms with van der Waals surface area (Å²) in [5.74, 6) is 0.851. The summed E-state index contributed by atoms with van der Waals surface area (Å²) in [6.45, 7) is 5.57. The van der Waals surface area contributed by atoms with Gasteiger partial charge in [-0.3, -0.25) is 0 Å². The van der Waals surface area contributed by atoms with Crippen molar-refractivity contribution in [3.05, 3.63) is 54.6 Å². The summed E-state index contributed by atoms with van der Waals surface area (Å²) in [6.07, 6.45) is -1.63. The van der Waals surface area contributed by atoms with E-state index in [-0.39, 0.29) is 23.7 Å². The Bertz CT molecular complexity index is 1240. The molecule has 0 spiro atoms. The summed E-state index contributed by atoms with van der Waals surface area (Å²) in [5, 5.41) is 6.95. The zero-order chi connectivity index (χ0) is 28.7. The molecule has 3 aromatic rings. The molecule has 1 N–H and O–H groups in total. The lowest BCUT2D eigenvalue weighted by Gasteiger charge is -2.34. The van der Waals surface area contributed by atoms with E-state index in [0.29, 0.717) is 44.3 Å². The quantitative estimate of drug-likeness (QED) is 0.376. The molecule has 2 saturated heterocycles. The molecule has 41 heavy (non-hydrogen) atoms. The topological polar surface area (TPSA) is 96.2 Å². The molecule has 0 atom stereocenters. The van der Waals surface area contributed by atoms with E-state index in [2.05, 4.69) is 25.1 Å². The summed E-state index contributed by atoms with van der Waals surface area (Å²) in [4.78, 5) is 23.1. The number of nitrogens with one attached hydrogen (secondary N) is 1. The molecular weight excluding hydrogens is 541 g/mol. The molecule has 3 heterocycles. The highest BCUT2D eigenvalue weighted by atomic mass is 19.4. The van der Waals surface area contributed by atoms with Gasteiger partial charge in [0.25, 0.3) is 0 Å². The number of para-hydroxylation sites is 1. The third-order valence-corrected chi connectivity index (χ3v) is 7.11. The van der Waals surface area contributed by atoms with Crippen molar-refractivity contribution in [2.45, 2.75) is 31.7 Å². The first kappa shape index (κ1) is 28.5. The Balaban J connectivity index is 0.976. The van der Waals surface area contributed by atoms with Crippen LogP contribution in [0.15, 0.2) is 59.1 Å². The van der Waals surface area contributed by atoms with Crippen molar-refractivity contribution in [2.24, 2.45) is 0 Å². The van der Waals surface area contributed by atoms with Crippen LogP contribution >= 0.6 is 0 Å². The zero-order valence-corrected chi connectivity index (χ0v) is 22.6. The molecule has 2 amide bonds. The van der Waals surface area contributed by atoms with Crippen LogP contribution in [0.1, 0.15) is 19.3 Å². The molecule has 2 aliphatic rings. The van der Waals surface area contributed by atoms with Gasteiger partial charge in [0.1, 0.15) is 17.6 Å². The number of halogens is 3. The first-order chi connectivity index (χ1) is 19.8. The maximum Gasteiger partial charge on any atom is 0.573 e. The Morgan fingerprint density at radius 2 is 1.66 bits per heavy atom. The highest BCUT2D eigenvalue weighted by Crippen LogP contribution is 2.26. The lowest BCUT2D eigenvalue weighted by atomic mass is 10.1. The van der Waals surface area contributed by atoms with Crippen LogP contribution in [-0.4, -0.2) is 90.8 Å². The van der Waals surface area contributed by atoms with E-state index in [1.165, 1.54) is 24.3 Å². The first-order valence-electron chi connectivity index (χ1n) is 13.7. The molecule has 220 valence electrons. The Kier molecular flexibility index (Phi) is 9.12. The van der Waals surface area contributed by atoms with Crippen LogP contribution in [0.2, 0.25) is 0 Å². The number of anilines is 1. The summed E-state index contributed by atoms with van der Waals surface area (Å²) in [6, 6.07) is 15.4. The van der Waals surface area contributed by atoms with Crippen LogP contribution in [0.5, 0.6) is 11.5 Å². The average molecular weight is 575 g/mol. The van der Waals surface area contributed by atoms with E-state index in [1.54, 1.807) is 4.90 Å². The van der Waals surface area contributed by atoms with E-state index in [1.807, 2.05) is 35.2 Å². The van der Waals surface area contributed by atoms with Gasteiger partial charge in [-0.15, -0.1) is 13.2 Å². The fraction of sp³-hybridized carbons (Fsp3) is 0.464. The van der Waals surface area contributed by atoms with Crippen LogP contribution in [0.3, 0.4) is 0 Å². The minimum Gasteiger partial charge on any atom is -0.490 e. The van der Waals surface area contributed by atoms with Crippen molar-refractivity contribution >= 4 is 12.0 Å². The molecule has 13 heteroatoms. The lowest BCUT2D eigenvalue weighted by Crippen LogP contribution is -2.52. The second kappa shape index (κ2) is 13.1. The van der Waals surface area contributed by atoms with Crippen LogP contribution in [0.4, 0.5) is 24.0 Å². The molecule has 0 aliphatic carbocycles. The van der Waals surface area contributed by atoms with Crippen molar-refractivity contribution in [2.75, 3.05) is 57.3 Å². The van der Waals surface area contributed by atoms with Crippen molar-refractivity contribution in [3.63, 3.8) is 0 Å². The van der Waals surface area contributed by atoms with E-state index in [9.17, 15) is 18.0 Å². The summed E-state index contributed by atoms with van der Waals surface area (Å²) in [5.41, 5.74) is 0.498. The number of alkyl halides is 3. The zero-order valence-electron chi connectivity index (χ0n) is 22.6. The van der Waals surface area contributed by atoms with Crippen molar-refractivity contribution < 1.29 is 32.0 Å². The smallest absolute Gasteiger partial charge is 0.490 e. The number of nitrogens with zero attached hydrogens (tertiary/aromatic N) is 5. The number of hydrogen-bond donors (Lipinski definition) is 1. The maximum atomic E-state index is 12.6. The van der Waals surface area contributed by atoms with Gasteiger partial charge in [0, 0.05) is 51.4 Å². The third-order valence-electron chi connectivity index (χ3n) is 7.11. The fourth-order valence-corrected chi connectivity index (χ4v) is 4.92. The summed E-state index contributed by atoms with van der Waals surface area (Å²) >= 11 is 0. The lowest BCUT2D eigenvalue weighted by molar-refractivity contribution is -0.274. The first-order valence-corrected chi connectivity index (χ1v) is 13.7. The second-order valence-corrected chi connectivity index (χ2v) is 10.0. The van der Waals surface area contributed by atoms with Gasteiger partial charge >= 0.3 is 18.4 Å². The molecule has 2 aromatic carbocycles. The maximum absolute atomic E-state index is 12.6. The minimum absolute atomic E-state index is 0.0907. The summed E-state index contributed by atoms with van der Waals surface area (Å²) < 4.78 is 52.4. The van der Waals surface area contributed by atoms with Crippen molar-refractivity contribution in [3.8, 4) is 22.9 Å². The number of urea groups is 1. The Morgan fingerprint density at radius 1 is 0.951 bits per heavy atom. The predicted molar refractivity (Wildman–Crippen MR) is 145 cm³/mol. The van der Waals surface area contributed by atoms with Gasteiger partial charge in [-0.1, -0.05) is 23.4 Å². The number of amides is 2. The number of piperidine rings is 1.